The van der Waals surface area contributed by atoms with E-state index in [-0.39, 0.29) is 0 Å². The Bertz CT molecular complexity index is 527. The van der Waals surface area contributed by atoms with Gasteiger partial charge in [0.25, 0.3) is 0 Å². The lowest BCUT2D eigenvalue weighted by atomic mass is 10.1. The molecule has 2 rings (SSSR count). The summed E-state index contributed by atoms with van der Waals surface area (Å²) in [6.07, 6.45) is 1.94. The maximum atomic E-state index is 3.81. The van der Waals surface area contributed by atoms with Crippen molar-refractivity contribution in [2.75, 3.05) is 0 Å². The molecule has 1 N–H and O–H groups in total. The second-order valence-corrected chi connectivity index (χ2v) is 5.58. The number of aryl methyl sites for hydroxylation is 1. The molecule has 1 aromatic heterocycles. The summed E-state index contributed by atoms with van der Waals surface area (Å²) in [5, 5.41) is 4.92. The Kier molecular flexibility index (Phi) is 3.65. The molecule has 0 aliphatic heterocycles. The number of benzene rings is 1. The van der Waals surface area contributed by atoms with E-state index in [1.54, 1.807) is 0 Å². The van der Waals surface area contributed by atoms with Gasteiger partial charge in [0.2, 0.25) is 0 Å². The highest BCUT2D eigenvalue weighted by atomic mass is 32.1. The second kappa shape index (κ2) is 5.03. The summed E-state index contributed by atoms with van der Waals surface area (Å²) in [7, 11) is 0. The van der Waals surface area contributed by atoms with Crippen LogP contribution in [0.1, 0.15) is 30.3 Å². The lowest BCUT2D eigenvalue weighted by Gasteiger charge is -2.16. The number of thiophene rings is 1. The number of rotatable bonds is 4. The first-order valence-electron chi connectivity index (χ1n) is 6.00. The van der Waals surface area contributed by atoms with Crippen molar-refractivity contribution in [2.24, 2.45) is 0 Å². The number of fused-ring (bicyclic) bond motifs is 1. The molecule has 1 nitrogen and oxygen atoms in total. The van der Waals surface area contributed by atoms with Crippen LogP contribution in [0.15, 0.2) is 36.9 Å². The van der Waals surface area contributed by atoms with E-state index in [9.17, 15) is 0 Å². The minimum atomic E-state index is 0.342. The minimum absolute atomic E-state index is 0.342. The molecule has 90 valence electrons. The van der Waals surface area contributed by atoms with Gasteiger partial charge in [-0.05, 0) is 37.8 Å². The van der Waals surface area contributed by atoms with E-state index in [2.05, 4.69) is 56.9 Å². The monoisotopic (exact) mass is 245 g/mol. The van der Waals surface area contributed by atoms with Gasteiger partial charge in [0.1, 0.15) is 0 Å². The summed E-state index contributed by atoms with van der Waals surface area (Å²) < 4.78 is 1.37. The van der Waals surface area contributed by atoms with Crippen LogP contribution in [0.4, 0.5) is 0 Å². The summed E-state index contributed by atoms with van der Waals surface area (Å²) in [5.41, 5.74) is 1.40. The minimum Gasteiger partial charge on any atom is -0.303 e. The van der Waals surface area contributed by atoms with Crippen molar-refractivity contribution in [1.82, 2.24) is 5.32 Å². The van der Waals surface area contributed by atoms with Crippen LogP contribution >= 0.6 is 11.3 Å². The lowest BCUT2D eigenvalue weighted by Crippen LogP contribution is -2.26. The molecule has 0 saturated heterocycles. The molecule has 0 aliphatic rings. The van der Waals surface area contributed by atoms with Gasteiger partial charge in [-0.3, -0.25) is 0 Å². The Morgan fingerprint density at radius 3 is 2.65 bits per heavy atom. The van der Waals surface area contributed by atoms with Crippen molar-refractivity contribution in [3.63, 3.8) is 0 Å². The zero-order valence-electron chi connectivity index (χ0n) is 10.7. The fourth-order valence-electron chi connectivity index (χ4n) is 2.14. The summed E-state index contributed by atoms with van der Waals surface area (Å²) in [4.78, 5) is 1.43. The highest BCUT2D eigenvalue weighted by molar-refractivity contribution is 7.19. The molecule has 0 amide bonds. The van der Waals surface area contributed by atoms with Gasteiger partial charge in [0.05, 0.1) is 0 Å². The van der Waals surface area contributed by atoms with Gasteiger partial charge in [0.15, 0.2) is 0 Å². The molecule has 1 heterocycles. The van der Waals surface area contributed by atoms with E-state index >= 15 is 0 Å². The number of hydrogen-bond acceptors (Lipinski definition) is 2. The molecule has 0 radical (unpaired) electrons. The predicted molar refractivity (Wildman–Crippen MR) is 77.8 cm³/mol. The first-order chi connectivity index (χ1) is 8.13. The summed E-state index contributed by atoms with van der Waals surface area (Å²) >= 11 is 1.89. The average Bonchev–Trinajstić information content (AvgIpc) is 2.67. The van der Waals surface area contributed by atoms with E-state index in [1.807, 2.05) is 17.4 Å². The Labute approximate surface area is 107 Å². The van der Waals surface area contributed by atoms with Crippen LogP contribution in [0.3, 0.4) is 0 Å². The molecule has 1 aromatic carbocycles. The predicted octanol–water partition coefficient (Wildman–Crippen LogP) is 4.43. The third-order valence-corrected chi connectivity index (χ3v) is 4.60. The van der Waals surface area contributed by atoms with Crippen molar-refractivity contribution in [1.29, 1.82) is 0 Å². The van der Waals surface area contributed by atoms with Crippen LogP contribution in [-0.4, -0.2) is 6.04 Å². The van der Waals surface area contributed by atoms with Crippen molar-refractivity contribution in [3.05, 3.63) is 47.4 Å². The average molecular weight is 245 g/mol. The maximum absolute atomic E-state index is 3.81. The summed E-state index contributed by atoms with van der Waals surface area (Å²) in [5.74, 6) is 0. The van der Waals surface area contributed by atoms with Gasteiger partial charge < -0.3 is 5.32 Å². The molecule has 17 heavy (non-hydrogen) atoms. The largest absolute Gasteiger partial charge is 0.303 e. The van der Waals surface area contributed by atoms with Gasteiger partial charge in [0, 0.05) is 21.7 Å². The highest BCUT2D eigenvalue weighted by Gasteiger charge is 2.14. The molecular weight excluding hydrogens is 226 g/mol. The van der Waals surface area contributed by atoms with Crippen LogP contribution in [0.5, 0.6) is 0 Å². The first-order valence-corrected chi connectivity index (χ1v) is 6.81. The van der Waals surface area contributed by atoms with E-state index in [4.69, 9.17) is 0 Å². The smallest absolute Gasteiger partial charge is 0.0393 e. The van der Waals surface area contributed by atoms with Gasteiger partial charge in [-0.25, -0.2) is 0 Å². The van der Waals surface area contributed by atoms with Gasteiger partial charge in [-0.1, -0.05) is 24.3 Å². The summed E-state index contributed by atoms with van der Waals surface area (Å²) in [6.45, 7) is 10.4. The van der Waals surface area contributed by atoms with Crippen LogP contribution in [0.2, 0.25) is 0 Å². The molecule has 2 atom stereocenters. The molecule has 2 aromatic rings. The normalized spacial score (nSPS) is 14.8. The van der Waals surface area contributed by atoms with Gasteiger partial charge in [-0.15, -0.1) is 17.9 Å². The Morgan fingerprint density at radius 1 is 1.29 bits per heavy atom. The molecule has 0 aliphatic carbocycles. The first kappa shape index (κ1) is 12.3. The van der Waals surface area contributed by atoms with Crippen molar-refractivity contribution in [3.8, 4) is 0 Å². The zero-order valence-corrected chi connectivity index (χ0v) is 11.5. The van der Waals surface area contributed by atoms with E-state index in [1.165, 1.54) is 20.5 Å². The summed E-state index contributed by atoms with van der Waals surface area (Å²) in [6, 6.07) is 9.33. The van der Waals surface area contributed by atoms with Crippen LogP contribution < -0.4 is 5.32 Å². The van der Waals surface area contributed by atoms with Gasteiger partial charge >= 0.3 is 0 Å². The quantitative estimate of drug-likeness (QED) is 0.785. The van der Waals surface area contributed by atoms with Gasteiger partial charge in [-0.2, -0.15) is 0 Å². The molecule has 0 bridgehead atoms. The highest BCUT2D eigenvalue weighted by Crippen LogP contribution is 2.34. The zero-order chi connectivity index (χ0) is 12.4. The van der Waals surface area contributed by atoms with E-state index in [0.717, 1.165) is 0 Å². The van der Waals surface area contributed by atoms with Crippen molar-refractivity contribution >= 4 is 21.4 Å². The Morgan fingerprint density at radius 2 is 2.00 bits per heavy atom. The standard InChI is InChI=1S/C15H19NS/c1-5-10(2)16-12(4)15-11(3)13-8-6-7-9-14(13)17-15/h5-10,12,16H,1H2,2-4H3. The molecule has 2 heteroatoms. The Hall–Kier alpha value is -1.12. The fraction of sp³-hybridized carbons (Fsp3) is 0.333. The topological polar surface area (TPSA) is 12.0 Å². The number of hydrogen-bond donors (Lipinski definition) is 1. The maximum Gasteiger partial charge on any atom is 0.0393 e. The third-order valence-electron chi connectivity index (χ3n) is 3.14. The van der Waals surface area contributed by atoms with Crippen LogP contribution in [0.25, 0.3) is 10.1 Å². The molecule has 0 fully saturated rings. The molecule has 2 unspecified atom stereocenters. The lowest BCUT2D eigenvalue weighted by molar-refractivity contribution is 0.542. The van der Waals surface area contributed by atoms with E-state index in [0.29, 0.717) is 12.1 Å². The molecular formula is C15H19NS. The SMILES string of the molecule is C=CC(C)NC(C)c1sc2ccccc2c1C. The molecule has 0 spiro atoms. The Balaban J connectivity index is 2.35. The van der Waals surface area contributed by atoms with Crippen molar-refractivity contribution < 1.29 is 0 Å². The van der Waals surface area contributed by atoms with Crippen LogP contribution in [-0.2, 0) is 0 Å². The second-order valence-electron chi connectivity index (χ2n) is 4.50. The van der Waals surface area contributed by atoms with Crippen molar-refractivity contribution in [2.45, 2.75) is 32.9 Å². The van der Waals surface area contributed by atoms with E-state index < -0.39 is 0 Å². The third kappa shape index (κ3) is 2.43. The fourth-order valence-corrected chi connectivity index (χ4v) is 3.37. The van der Waals surface area contributed by atoms with Crippen LogP contribution in [0, 0.1) is 6.92 Å². The number of nitrogens with one attached hydrogen (secondary N) is 1. The molecule has 0 saturated carbocycles.